The Bertz CT molecular complexity index is 1180. The molecule has 2 aromatic rings. The van der Waals surface area contributed by atoms with Gasteiger partial charge in [0.2, 0.25) is 0 Å². The van der Waals surface area contributed by atoms with E-state index in [2.05, 4.69) is 24.9 Å². The van der Waals surface area contributed by atoms with Crippen molar-refractivity contribution in [3.63, 3.8) is 0 Å². The van der Waals surface area contributed by atoms with E-state index in [0.29, 0.717) is 19.8 Å². The van der Waals surface area contributed by atoms with Gasteiger partial charge in [-0.15, -0.1) is 0 Å². The number of hydrogen-bond donors (Lipinski definition) is 0. The predicted molar refractivity (Wildman–Crippen MR) is 128 cm³/mol. The van der Waals surface area contributed by atoms with Crippen LogP contribution in [0.5, 0.6) is 11.5 Å². The molecule has 5 rings (SSSR count). The first-order valence-electron chi connectivity index (χ1n) is 12.1. The summed E-state index contributed by atoms with van der Waals surface area (Å²) in [5.74, 6) is 0.928. The summed E-state index contributed by atoms with van der Waals surface area (Å²) < 4.78 is 24.5. The van der Waals surface area contributed by atoms with E-state index in [4.69, 9.17) is 18.9 Å². The first-order chi connectivity index (χ1) is 16.4. The first kappa shape index (κ1) is 22.8. The molecule has 0 spiro atoms. The number of carbonyl (C=O) groups excluding carboxylic acids is 1. The fourth-order valence-corrected chi connectivity index (χ4v) is 5.55. The molecule has 182 valence electrons. The van der Waals surface area contributed by atoms with Crippen LogP contribution in [-0.4, -0.2) is 49.7 Å². The fraction of sp³-hybridized carbons (Fsp3) is 0.538. The predicted octanol–water partition coefficient (Wildman–Crippen LogP) is 3.61. The number of esters is 1. The Kier molecular flexibility index (Phi) is 5.80. The van der Waals surface area contributed by atoms with Crippen molar-refractivity contribution < 1.29 is 23.7 Å². The molecule has 1 saturated heterocycles. The molecular formula is C26H32N2O6. The van der Waals surface area contributed by atoms with Crippen LogP contribution in [0.3, 0.4) is 0 Å². The van der Waals surface area contributed by atoms with Crippen LogP contribution < -0.4 is 19.9 Å². The van der Waals surface area contributed by atoms with Gasteiger partial charge in [0.05, 0.1) is 37.1 Å². The molecule has 4 heterocycles. The topological polar surface area (TPSA) is 79.2 Å². The minimum atomic E-state index is -0.587. The van der Waals surface area contributed by atoms with Crippen LogP contribution in [0, 0.1) is 0 Å². The minimum absolute atomic E-state index is 0.0569. The number of pyridine rings is 1. The first-order valence-corrected chi connectivity index (χ1v) is 12.1. The summed E-state index contributed by atoms with van der Waals surface area (Å²) in [6, 6.07) is 3.77. The third kappa shape index (κ3) is 3.55. The molecule has 0 aliphatic carbocycles. The Hall–Kier alpha value is -3.00. The van der Waals surface area contributed by atoms with Crippen LogP contribution in [-0.2, 0) is 15.9 Å². The Morgan fingerprint density at radius 3 is 2.85 bits per heavy atom. The van der Waals surface area contributed by atoms with Gasteiger partial charge < -0.3 is 18.9 Å². The van der Waals surface area contributed by atoms with E-state index in [9.17, 15) is 9.59 Å². The molecule has 8 nitrogen and oxygen atoms in total. The van der Waals surface area contributed by atoms with Crippen LogP contribution in [0.4, 0.5) is 0 Å². The van der Waals surface area contributed by atoms with Crippen molar-refractivity contribution in [2.24, 2.45) is 0 Å². The number of hydrogen-bond acceptors (Lipinski definition) is 7. The number of benzene rings is 1. The van der Waals surface area contributed by atoms with Crippen LogP contribution in [0.2, 0.25) is 0 Å². The third-order valence-electron chi connectivity index (χ3n) is 7.04. The van der Waals surface area contributed by atoms with Crippen molar-refractivity contribution in [1.29, 1.82) is 0 Å². The highest BCUT2D eigenvalue weighted by molar-refractivity contribution is 5.90. The van der Waals surface area contributed by atoms with Gasteiger partial charge in [-0.25, -0.2) is 4.79 Å². The van der Waals surface area contributed by atoms with Gasteiger partial charge in [-0.1, -0.05) is 0 Å². The third-order valence-corrected chi connectivity index (χ3v) is 7.04. The maximum absolute atomic E-state index is 13.0. The van der Waals surface area contributed by atoms with Gasteiger partial charge in [0, 0.05) is 49.9 Å². The number of methoxy groups -OCH3 is 1. The van der Waals surface area contributed by atoms with Gasteiger partial charge in [0.15, 0.2) is 16.9 Å². The number of carbonyl (C=O) groups is 1. The molecule has 1 fully saturated rings. The summed E-state index contributed by atoms with van der Waals surface area (Å²) in [5, 5.41) is 2.30. The Morgan fingerprint density at radius 1 is 1.26 bits per heavy atom. The molecule has 3 aliphatic rings. The number of rotatable bonds is 7. The number of fused-ring (bicyclic) bond motifs is 8. The van der Waals surface area contributed by atoms with Crippen LogP contribution in [0.25, 0.3) is 11.3 Å². The average Bonchev–Trinajstić information content (AvgIpc) is 3.41. The van der Waals surface area contributed by atoms with Gasteiger partial charge in [-0.2, -0.15) is 0 Å². The standard InChI is InChI=1S/C26H32N2O6/c1-5-32-25(30)18-15-27-20(14-21(18)29)23-16-8-12-34-24(16)22(33-11-6-10-31-4)13-17(23)19-7-9-26(2,3)28(19)27/h13-15,19H,5-12H2,1-4H3. The second-order valence-electron chi connectivity index (χ2n) is 9.65. The molecule has 1 unspecified atom stereocenters. The SMILES string of the molecule is CCOC(=O)c1cn2c(cc1=O)-c1c(cc(OCCCOC)c3c1CCO3)C1CCC(C)(C)N12. The van der Waals surface area contributed by atoms with Crippen LogP contribution in [0.15, 0.2) is 23.1 Å². The normalized spacial score (nSPS) is 19.1. The van der Waals surface area contributed by atoms with Gasteiger partial charge in [-0.05, 0) is 45.2 Å². The summed E-state index contributed by atoms with van der Waals surface area (Å²) >= 11 is 0. The summed E-state index contributed by atoms with van der Waals surface area (Å²) in [7, 11) is 1.68. The minimum Gasteiger partial charge on any atom is -0.490 e. The van der Waals surface area contributed by atoms with E-state index < -0.39 is 5.97 Å². The molecule has 8 heteroatoms. The molecule has 0 N–H and O–H groups in total. The largest absolute Gasteiger partial charge is 0.490 e. The molecule has 0 saturated carbocycles. The quantitative estimate of drug-likeness (QED) is 0.454. The van der Waals surface area contributed by atoms with Crippen LogP contribution in [0.1, 0.15) is 67.6 Å². The van der Waals surface area contributed by atoms with Crippen LogP contribution >= 0.6 is 0 Å². The van der Waals surface area contributed by atoms with Gasteiger partial charge in [-0.3, -0.25) is 14.5 Å². The number of nitrogens with zero attached hydrogens (tertiary/aromatic N) is 2. The lowest BCUT2D eigenvalue weighted by Crippen LogP contribution is -2.50. The molecule has 34 heavy (non-hydrogen) atoms. The average molecular weight is 469 g/mol. The second-order valence-corrected chi connectivity index (χ2v) is 9.65. The van der Waals surface area contributed by atoms with Crippen molar-refractivity contribution in [2.45, 2.75) is 58.0 Å². The van der Waals surface area contributed by atoms with Gasteiger partial charge in [0.25, 0.3) is 0 Å². The lowest BCUT2D eigenvalue weighted by molar-refractivity contribution is 0.0523. The van der Waals surface area contributed by atoms with Crippen molar-refractivity contribution in [3.8, 4) is 22.8 Å². The van der Waals surface area contributed by atoms with Crippen molar-refractivity contribution in [2.75, 3.05) is 38.5 Å². The number of ether oxygens (including phenoxy) is 4. The summed E-state index contributed by atoms with van der Waals surface area (Å²) in [5.41, 5.74) is 3.60. The number of aromatic nitrogens is 1. The zero-order valence-electron chi connectivity index (χ0n) is 20.3. The molecule has 1 atom stereocenters. The Morgan fingerprint density at radius 2 is 2.09 bits per heavy atom. The highest BCUT2D eigenvalue weighted by Gasteiger charge is 2.46. The van der Waals surface area contributed by atoms with Crippen molar-refractivity contribution in [3.05, 3.63) is 45.2 Å². The zero-order chi connectivity index (χ0) is 24.0. The van der Waals surface area contributed by atoms with E-state index in [1.54, 1.807) is 26.3 Å². The fourth-order valence-electron chi connectivity index (χ4n) is 5.55. The smallest absolute Gasteiger partial charge is 0.343 e. The van der Waals surface area contributed by atoms with Gasteiger partial charge >= 0.3 is 5.97 Å². The highest BCUT2D eigenvalue weighted by atomic mass is 16.5. The zero-order valence-corrected chi connectivity index (χ0v) is 20.3. The molecule has 0 radical (unpaired) electrons. The second kappa shape index (κ2) is 8.65. The lowest BCUT2D eigenvalue weighted by Gasteiger charge is -2.45. The molecule has 0 amide bonds. The Balaban J connectivity index is 1.69. The maximum Gasteiger partial charge on any atom is 0.343 e. The molecular weight excluding hydrogens is 436 g/mol. The lowest BCUT2D eigenvalue weighted by atomic mass is 9.89. The van der Waals surface area contributed by atoms with E-state index in [-0.39, 0.29) is 29.2 Å². The van der Waals surface area contributed by atoms with E-state index >= 15 is 0 Å². The van der Waals surface area contributed by atoms with Crippen molar-refractivity contribution >= 4 is 5.97 Å². The van der Waals surface area contributed by atoms with Crippen molar-refractivity contribution in [1.82, 2.24) is 4.68 Å². The summed E-state index contributed by atoms with van der Waals surface area (Å²) in [4.78, 5) is 25.6. The molecule has 1 aromatic heterocycles. The van der Waals surface area contributed by atoms with Gasteiger partial charge in [0.1, 0.15) is 5.56 Å². The summed E-state index contributed by atoms with van der Waals surface area (Å²) in [6.45, 7) is 8.11. The molecule has 0 bridgehead atoms. The monoisotopic (exact) mass is 468 g/mol. The maximum atomic E-state index is 13.0. The Labute approximate surface area is 199 Å². The van der Waals surface area contributed by atoms with E-state index in [1.165, 1.54) is 0 Å². The summed E-state index contributed by atoms with van der Waals surface area (Å²) in [6.07, 6.45) is 5.14. The molecule has 3 aliphatic heterocycles. The molecule has 1 aromatic carbocycles. The van der Waals surface area contributed by atoms with E-state index in [1.807, 2.05) is 4.68 Å². The highest BCUT2D eigenvalue weighted by Crippen LogP contribution is 2.53. The van der Waals surface area contributed by atoms with E-state index in [0.717, 1.165) is 59.6 Å².